The Hall–Kier alpha value is -0.990. The molecule has 3 nitrogen and oxygen atoms in total. The lowest BCUT2D eigenvalue weighted by molar-refractivity contribution is 0.654. The van der Waals surface area contributed by atoms with Gasteiger partial charge in [-0.25, -0.2) is 15.0 Å². The molecule has 0 unspecified atom stereocenters. The lowest BCUT2D eigenvalue weighted by Crippen LogP contribution is -2.07. The van der Waals surface area contributed by atoms with Gasteiger partial charge in [-0.15, -0.1) is 0 Å². The maximum absolute atomic E-state index is 4.58. The van der Waals surface area contributed by atoms with E-state index < -0.39 is 0 Å². The summed E-state index contributed by atoms with van der Waals surface area (Å²) in [5, 5.41) is 0. The van der Waals surface area contributed by atoms with Crippen molar-refractivity contribution in [3.05, 3.63) is 23.9 Å². The Kier molecular flexibility index (Phi) is 7.54. The van der Waals surface area contributed by atoms with Gasteiger partial charge in [0.1, 0.15) is 17.5 Å². The predicted octanol–water partition coefficient (Wildman–Crippen LogP) is 3.91. The van der Waals surface area contributed by atoms with Gasteiger partial charge in [-0.1, -0.05) is 46.5 Å². The summed E-state index contributed by atoms with van der Waals surface area (Å²) in [6, 6.07) is 0. The molecule has 0 fully saturated rings. The average molecular weight is 248 g/mol. The number of hydrogen-bond donors (Lipinski definition) is 0. The zero-order chi connectivity index (χ0) is 13.2. The molecular weight excluding hydrogens is 222 g/mol. The number of rotatable bonds is 9. The summed E-state index contributed by atoms with van der Waals surface area (Å²) in [6.45, 7) is 6.42. The first kappa shape index (κ1) is 15.1. The van der Waals surface area contributed by atoms with E-state index in [2.05, 4.69) is 28.8 Å². The van der Waals surface area contributed by atoms with Crippen LogP contribution in [0.2, 0.25) is 0 Å². The molecule has 0 atom stereocenters. The van der Waals surface area contributed by atoms with E-state index in [4.69, 9.17) is 0 Å². The molecule has 1 radical (unpaired) electrons. The Morgan fingerprint density at radius 3 is 1.67 bits per heavy atom. The van der Waals surface area contributed by atoms with Crippen LogP contribution < -0.4 is 0 Å². The van der Waals surface area contributed by atoms with Crippen LogP contribution in [0.25, 0.3) is 0 Å². The molecular formula is C15H26N3. The van der Waals surface area contributed by atoms with Gasteiger partial charge < -0.3 is 0 Å². The van der Waals surface area contributed by atoms with Gasteiger partial charge in [-0.05, 0) is 12.8 Å². The zero-order valence-corrected chi connectivity index (χ0v) is 12.1. The molecule has 1 rings (SSSR count). The third kappa shape index (κ3) is 5.56. The SMILES string of the molecule is C[CH]c1nc(CCCCC)nc(CCCCC)n1. The smallest absolute Gasteiger partial charge is 0.136 e. The van der Waals surface area contributed by atoms with E-state index in [0.717, 1.165) is 30.3 Å². The highest BCUT2D eigenvalue weighted by atomic mass is 15.0. The zero-order valence-electron chi connectivity index (χ0n) is 12.1. The van der Waals surface area contributed by atoms with E-state index in [0.29, 0.717) is 0 Å². The molecule has 0 aliphatic heterocycles. The number of aromatic nitrogens is 3. The fraction of sp³-hybridized carbons (Fsp3) is 0.733. The van der Waals surface area contributed by atoms with Crippen LogP contribution in [0.4, 0.5) is 0 Å². The largest absolute Gasteiger partial charge is 0.218 e. The van der Waals surface area contributed by atoms with Crippen LogP contribution in [0, 0.1) is 6.42 Å². The molecule has 3 heteroatoms. The quantitative estimate of drug-likeness (QED) is 0.622. The standard InChI is InChI=1S/C15H26N3/c1-4-7-9-11-14-16-13(6-3)17-15(18-14)12-10-8-5-2/h6H,4-5,7-12H2,1-3H3. The molecule has 0 saturated heterocycles. The van der Waals surface area contributed by atoms with E-state index in [9.17, 15) is 0 Å². The topological polar surface area (TPSA) is 38.7 Å². The van der Waals surface area contributed by atoms with Gasteiger partial charge in [0.15, 0.2) is 0 Å². The Bertz CT molecular complexity index is 308. The minimum Gasteiger partial charge on any atom is -0.218 e. The molecule has 18 heavy (non-hydrogen) atoms. The van der Waals surface area contributed by atoms with Crippen LogP contribution >= 0.6 is 0 Å². The highest BCUT2D eigenvalue weighted by Crippen LogP contribution is 2.07. The fourth-order valence-electron chi connectivity index (χ4n) is 1.91. The van der Waals surface area contributed by atoms with Crippen molar-refractivity contribution >= 4 is 0 Å². The Balaban J connectivity index is 2.62. The van der Waals surface area contributed by atoms with Gasteiger partial charge in [0.05, 0.1) is 0 Å². The summed E-state index contributed by atoms with van der Waals surface area (Å²) in [5.41, 5.74) is 0. The van der Waals surface area contributed by atoms with Gasteiger partial charge in [-0.3, -0.25) is 0 Å². The van der Waals surface area contributed by atoms with Crippen LogP contribution in [0.1, 0.15) is 76.8 Å². The summed E-state index contributed by atoms with van der Waals surface area (Å²) in [7, 11) is 0. The summed E-state index contributed by atoms with van der Waals surface area (Å²) < 4.78 is 0. The predicted molar refractivity (Wildman–Crippen MR) is 75.4 cm³/mol. The Morgan fingerprint density at radius 1 is 0.778 bits per heavy atom. The number of hydrogen-bond acceptors (Lipinski definition) is 3. The second-order valence-corrected chi connectivity index (χ2v) is 4.73. The van der Waals surface area contributed by atoms with Crippen molar-refractivity contribution in [1.29, 1.82) is 0 Å². The van der Waals surface area contributed by atoms with Crippen LogP contribution in [-0.4, -0.2) is 15.0 Å². The molecule has 1 aromatic heterocycles. The second-order valence-electron chi connectivity index (χ2n) is 4.73. The molecule has 1 heterocycles. The third-order valence-electron chi connectivity index (χ3n) is 3.01. The van der Waals surface area contributed by atoms with Crippen molar-refractivity contribution in [2.24, 2.45) is 0 Å². The van der Waals surface area contributed by atoms with Crippen molar-refractivity contribution in [2.45, 2.75) is 72.1 Å². The minimum absolute atomic E-state index is 0.836. The highest BCUT2D eigenvalue weighted by molar-refractivity contribution is 5.04. The number of aryl methyl sites for hydroxylation is 2. The van der Waals surface area contributed by atoms with Crippen molar-refractivity contribution in [3.63, 3.8) is 0 Å². The molecule has 0 amide bonds. The first-order chi connectivity index (χ1) is 8.80. The van der Waals surface area contributed by atoms with E-state index in [1.807, 2.05) is 13.3 Å². The van der Waals surface area contributed by atoms with Gasteiger partial charge in [0.2, 0.25) is 0 Å². The van der Waals surface area contributed by atoms with Crippen molar-refractivity contribution < 1.29 is 0 Å². The lowest BCUT2D eigenvalue weighted by atomic mass is 10.2. The molecule has 0 bridgehead atoms. The van der Waals surface area contributed by atoms with E-state index in [1.54, 1.807) is 0 Å². The van der Waals surface area contributed by atoms with Crippen molar-refractivity contribution in [2.75, 3.05) is 0 Å². The minimum atomic E-state index is 0.836. The van der Waals surface area contributed by atoms with Crippen molar-refractivity contribution in [3.8, 4) is 0 Å². The molecule has 0 spiro atoms. The number of nitrogens with zero attached hydrogens (tertiary/aromatic N) is 3. The summed E-state index contributed by atoms with van der Waals surface area (Å²) in [6.07, 6.45) is 11.3. The maximum atomic E-state index is 4.58. The number of unbranched alkanes of at least 4 members (excludes halogenated alkanes) is 4. The van der Waals surface area contributed by atoms with Crippen molar-refractivity contribution in [1.82, 2.24) is 15.0 Å². The first-order valence-corrected chi connectivity index (χ1v) is 7.33. The molecule has 0 saturated carbocycles. The Morgan fingerprint density at radius 2 is 1.28 bits per heavy atom. The van der Waals surface area contributed by atoms with Crippen LogP contribution in [0.3, 0.4) is 0 Å². The monoisotopic (exact) mass is 248 g/mol. The molecule has 0 aliphatic rings. The van der Waals surface area contributed by atoms with Crippen LogP contribution in [-0.2, 0) is 12.8 Å². The van der Waals surface area contributed by atoms with Gasteiger partial charge in [-0.2, -0.15) is 0 Å². The molecule has 1 aromatic rings. The molecule has 0 N–H and O–H groups in total. The van der Waals surface area contributed by atoms with Gasteiger partial charge in [0, 0.05) is 19.3 Å². The lowest BCUT2D eigenvalue weighted by Gasteiger charge is -2.06. The van der Waals surface area contributed by atoms with E-state index in [-0.39, 0.29) is 0 Å². The molecule has 0 aromatic carbocycles. The average Bonchev–Trinajstić information content (AvgIpc) is 2.39. The summed E-state index contributed by atoms with van der Waals surface area (Å²) in [4.78, 5) is 13.5. The Labute approximate surface area is 111 Å². The van der Waals surface area contributed by atoms with Crippen LogP contribution in [0.5, 0.6) is 0 Å². The third-order valence-corrected chi connectivity index (χ3v) is 3.01. The maximum Gasteiger partial charge on any atom is 0.136 e. The van der Waals surface area contributed by atoms with Gasteiger partial charge in [0.25, 0.3) is 0 Å². The molecule has 0 aliphatic carbocycles. The fourth-order valence-corrected chi connectivity index (χ4v) is 1.91. The van der Waals surface area contributed by atoms with E-state index >= 15 is 0 Å². The van der Waals surface area contributed by atoms with Crippen LogP contribution in [0.15, 0.2) is 0 Å². The first-order valence-electron chi connectivity index (χ1n) is 7.33. The molecule has 101 valence electrons. The summed E-state index contributed by atoms with van der Waals surface area (Å²) in [5.74, 6) is 2.78. The highest BCUT2D eigenvalue weighted by Gasteiger charge is 2.05. The summed E-state index contributed by atoms with van der Waals surface area (Å²) >= 11 is 0. The van der Waals surface area contributed by atoms with E-state index in [1.165, 1.54) is 38.5 Å². The normalized spacial score (nSPS) is 10.8. The van der Waals surface area contributed by atoms with Gasteiger partial charge >= 0.3 is 0 Å². The second kappa shape index (κ2) is 9.01.